The van der Waals surface area contributed by atoms with E-state index in [-0.39, 0.29) is 12.2 Å². The second-order valence-electron chi connectivity index (χ2n) is 12.1. The number of para-hydroxylation sites is 1. The van der Waals surface area contributed by atoms with Crippen molar-refractivity contribution in [2.45, 2.75) is 83.0 Å². The Morgan fingerprint density at radius 1 is 0.909 bits per heavy atom. The van der Waals surface area contributed by atoms with Gasteiger partial charge in [-0.2, -0.15) is 4.98 Å². The van der Waals surface area contributed by atoms with Crippen LogP contribution in [-0.2, 0) is 17.7 Å². The van der Waals surface area contributed by atoms with Crippen LogP contribution in [0.25, 0.3) is 10.9 Å². The third kappa shape index (κ3) is 10.7. The van der Waals surface area contributed by atoms with Gasteiger partial charge in [-0.25, -0.2) is 4.98 Å². The normalized spacial score (nSPS) is 17.3. The highest BCUT2D eigenvalue weighted by atomic mass is 31.2. The number of aromatic nitrogens is 5. The van der Waals surface area contributed by atoms with Crippen molar-refractivity contribution in [1.29, 1.82) is 0 Å². The summed E-state index contributed by atoms with van der Waals surface area (Å²) in [6.07, 6.45) is 12.6. The summed E-state index contributed by atoms with van der Waals surface area (Å²) in [6.45, 7) is 6.38. The minimum atomic E-state index is -3.97. The van der Waals surface area contributed by atoms with Crippen molar-refractivity contribution in [3.63, 3.8) is 0 Å². The standard InChI is InChI=1S/C30H49N10O3P/c41-44(42,43)21-20-39-18-12-25(13-19-39)34-29-27-10-4-5-11-28(27)35-30(36-29)33-22-26-23-40(38-37-26)17-7-15-31-14-6-16-32-24-8-2-1-3-9-24/h4-5,10-11,23-25,31-32H,1-3,6-9,12-22H2,(H2,41,42,43)(H2,33,34,35,36). The number of aryl methyl sites for hydroxylation is 1. The minimum absolute atomic E-state index is 0.0972. The van der Waals surface area contributed by atoms with Gasteiger partial charge in [-0.15, -0.1) is 5.10 Å². The Labute approximate surface area is 260 Å². The average Bonchev–Trinajstić information content (AvgIpc) is 3.49. The highest BCUT2D eigenvalue weighted by Crippen LogP contribution is 2.34. The van der Waals surface area contributed by atoms with Crippen LogP contribution >= 0.6 is 7.60 Å². The number of rotatable bonds is 17. The molecular formula is C30H49N10O3P. The molecule has 0 radical (unpaired) electrons. The summed E-state index contributed by atoms with van der Waals surface area (Å²) in [6, 6.07) is 8.91. The lowest BCUT2D eigenvalue weighted by molar-refractivity contribution is 0.226. The molecule has 2 aromatic heterocycles. The Balaban J connectivity index is 1.03. The molecule has 6 N–H and O–H groups in total. The zero-order valence-corrected chi connectivity index (χ0v) is 26.6. The molecule has 2 aliphatic rings. The first-order chi connectivity index (χ1) is 21.4. The lowest BCUT2D eigenvalue weighted by Crippen LogP contribution is -2.40. The molecule has 0 spiro atoms. The average molecular weight is 629 g/mol. The Morgan fingerprint density at radius 2 is 1.70 bits per heavy atom. The predicted molar refractivity (Wildman–Crippen MR) is 174 cm³/mol. The third-order valence-electron chi connectivity index (χ3n) is 8.56. The smallest absolute Gasteiger partial charge is 0.326 e. The minimum Gasteiger partial charge on any atom is -0.367 e. The number of likely N-dealkylation sites (tertiary alicyclic amines) is 1. The Morgan fingerprint density at radius 3 is 2.52 bits per heavy atom. The van der Waals surface area contributed by atoms with E-state index in [9.17, 15) is 14.4 Å². The molecule has 1 aromatic carbocycles. The zero-order valence-electron chi connectivity index (χ0n) is 25.7. The molecule has 1 aliphatic carbocycles. The second kappa shape index (κ2) is 16.6. The maximum atomic E-state index is 11.2. The van der Waals surface area contributed by atoms with Crippen molar-refractivity contribution < 1.29 is 14.4 Å². The van der Waals surface area contributed by atoms with E-state index in [1.807, 2.05) is 35.1 Å². The van der Waals surface area contributed by atoms with Crippen molar-refractivity contribution in [3.05, 3.63) is 36.2 Å². The topological polar surface area (TPSA) is 165 Å². The second-order valence-corrected chi connectivity index (χ2v) is 13.9. The van der Waals surface area contributed by atoms with Crippen LogP contribution in [0.3, 0.4) is 0 Å². The molecule has 2 fully saturated rings. The molecule has 1 saturated heterocycles. The van der Waals surface area contributed by atoms with Crippen LogP contribution in [0.15, 0.2) is 30.5 Å². The molecule has 3 aromatic rings. The van der Waals surface area contributed by atoms with Crippen LogP contribution in [0.4, 0.5) is 11.8 Å². The number of anilines is 2. The fraction of sp³-hybridized carbons (Fsp3) is 0.667. The molecule has 0 unspecified atom stereocenters. The molecule has 242 valence electrons. The first-order valence-electron chi connectivity index (χ1n) is 16.3. The van der Waals surface area contributed by atoms with Gasteiger partial charge in [0.25, 0.3) is 0 Å². The van der Waals surface area contributed by atoms with Gasteiger partial charge in [-0.1, -0.05) is 36.6 Å². The van der Waals surface area contributed by atoms with Gasteiger partial charge in [0.2, 0.25) is 5.95 Å². The first-order valence-corrected chi connectivity index (χ1v) is 18.1. The van der Waals surface area contributed by atoms with Crippen LogP contribution in [-0.4, -0.2) is 97.2 Å². The van der Waals surface area contributed by atoms with Crippen molar-refractivity contribution in [1.82, 2.24) is 40.5 Å². The Bertz CT molecular complexity index is 1340. The molecule has 0 bridgehead atoms. The van der Waals surface area contributed by atoms with Gasteiger partial charge in [-0.05, 0) is 70.3 Å². The van der Waals surface area contributed by atoms with Gasteiger partial charge in [0.05, 0.1) is 24.4 Å². The highest BCUT2D eigenvalue weighted by Gasteiger charge is 2.23. The summed E-state index contributed by atoms with van der Waals surface area (Å²) < 4.78 is 13.1. The SMILES string of the molecule is O=P(O)(O)CCN1CCC(Nc2nc(NCc3cn(CCCNCCCNC4CCCCC4)nn3)nc3ccccc23)CC1. The fourth-order valence-electron chi connectivity index (χ4n) is 6.05. The summed E-state index contributed by atoms with van der Waals surface area (Å²) in [5.74, 6) is 1.31. The number of benzene rings is 1. The van der Waals surface area contributed by atoms with Gasteiger partial charge < -0.3 is 36.0 Å². The third-order valence-corrected chi connectivity index (χ3v) is 9.34. The van der Waals surface area contributed by atoms with Crippen LogP contribution in [0.5, 0.6) is 0 Å². The quantitative estimate of drug-likeness (QED) is 0.0957. The summed E-state index contributed by atoms with van der Waals surface area (Å²) in [5, 5.41) is 23.8. The predicted octanol–water partition coefficient (Wildman–Crippen LogP) is 3.18. The molecule has 44 heavy (non-hydrogen) atoms. The number of nitrogens with zero attached hydrogens (tertiary/aromatic N) is 6. The van der Waals surface area contributed by atoms with Crippen molar-refractivity contribution in [3.8, 4) is 0 Å². The Kier molecular flexibility index (Phi) is 12.3. The van der Waals surface area contributed by atoms with E-state index in [0.29, 0.717) is 19.0 Å². The first kappa shape index (κ1) is 32.7. The molecule has 1 aliphatic heterocycles. The number of piperidine rings is 1. The van der Waals surface area contributed by atoms with E-state index >= 15 is 0 Å². The van der Waals surface area contributed by atoms with E-state index in [2.05, 4.69) is 36.5 Å². The van der Waals surface area contributed by atoms with Gasteiger partial charge in [0.15, 0.2) is 0 Å². The maximum Gasteiger partial charge on any atom is 0.326 e. The number of hydrogen-bond acceptors (Lipinski definition) is 10. The van der Waals surface area contributed by atoms with Gasteiger partial charge in [-0.3, -0.25) is 9.25 Å². The largest absolute Gasteiger partial charge is 0.367 e. The molecule has 1 saturated carbocycles. The van der Waals surface area contributed by atoms with E-state index < -0.39 is 7.60 Å². The van der Waals surface area contributed by atoms with E-state index in [1.165, 1.54) is 32.1 Å². The van der Waals surface area contributed by atoms with E-state index in [1.54, 1.807) is 0 Å². The van der Waals surface area contributed by atoms with Crippen molar-refractivity contribution >= 4 is 30.3 Å². The molecule has 0 amide bonds. The van der Waals surface area contributed by atoms with Gasteiger partial charge in [0, 0.05) is 43.6 Å². The van der Waals surface area contributed by atoms with Gasteiger partial charge >= 0.3 is 7.60 Å². The molecule has 14 heteroatoms. The van der Waals surface area contributed by atoms with Gasteiger partial charge in [0.1, 0.15) is 11.5 Å². The Hall–Kier alpha value is -2.67. The summed E-state index contributed by atoms with van der Waals surface area (Å²) in [5.41, 5.74) is 1.69. The number of fused-ring (bicyclic) bond motifs is 1. The lowest BCUT2D eigenvalue weighted by atomic mass is 9.95. The summed E-state index contributed by atoms with van der Waals surface area (Å²) >= 11 is 0. The van der Waals surface area contributed by atoms with Crippen molar-refractivity contribution in [2.75, 3.05) is 56.1 Å². The van der Waals surface area contributed by atoms with Crippen LogP contribution in [0, 0.1) is 0 Å². The van der Waals surface area contributed by atoms with E-state index in [0.717, 1.165) is 93.4 Å². The molecule has 0 atom stereocenters. The zero-order chi connectivity index (χ0) is 30.6. The highest BCUT2D eigenvalue weighted by molar-refractivity contribution is 7.51. The number of hydrogen-bond donors (Lipinski definition) is 6. The fourth-order valence-corrected chi connectivity index (χ4v) is 6.59. The summed E-state index contributed by atoms with van der Waals surface area (Å²) in [4.78, 5) is 30.0. The van der Waals surface area contributed by atoms with Crippen LogP contribution in [0.1, 0.15) is 63.5 Å². The maximum absolute atomic E-state index is 11.2. The summed E-state index contributed by atoms with van der Waals surface area (Å²) in [7, 11) is -3.97. The monoisotopic (exact) mass is 628 g/mol. The van der Waals surface area contributed by atoms with E-state index in [4.69, 9.17) is 9.97 Å². The molecule has 3 heterocycles. The number of nitrogens with one attached hydrogen (secondary N) is 4. The molecule has 13 nitrogen and oxygen atoms in total. The van der Waals surface area contributed by atoms with Crippen LogP contribution < -0.4 is 21.3 Å². The van der Waals surface area contributed by atoms with Crippen LogP contribution in [0.2, 0.25) is 0 Å². The molecule has 5 rings (SSSR count). The van der Waals surface area contributed by atoms with Crippen molar-refractivity contribution in [2.24, 2.45) is 0 Å². The lowest BCUT2D eigenvalue weighted by Gasteiger charge is -2.32. The molecular weight excluding hydrogens is 579 g/mol.